The molecule has 25 heavy (non-hydrogen) atoms. The van der Waals surface area contributed by atoms with Crippen molar-refractivity contribution in [2.75, 3.05) is 0 Å². The van der Waals surface area contributed by atoms with Crippen molar-refractivity contribution in [2.45, 2.75) is 55.7 Å². The van der Waals surface area contributed by atoms with Crippen LogP contribution in [0.5, 0.6) is 0 Å². The third-order valence-electron chi connectivity index (χ3n) is 3.67. The number of hydrogen-bond acceptors (Lipinski definition) is 1. The van der Waals surface area contributed by atoms with Gasteiger partial charge in [0.1, 0.15) is 0 Å². The normalized spacial score (nSPS) is 17.2. The molecule has 0 amide bonds. The first-order valence-corrected chi connectivity index (χ1v) is 7.14. The van der Waals surface area contributed by atoms with Gasteiger partial charge in [0.2, 0.25) is 0 Å². The lowest BCUT2D eigenvalue weighted by atomic mass is 9.88. The number of rotatable bonds is 7. The lowest BCUT2D eigenvalue weighted by Crippen LogP contribution is -2.63. The summed E-state index contributed by atoms with van der Waals surface area (Å²) >= 11 is 0. The summed E-state index contributed by atoms with van der Waals surface area (Å²) in [5.74, 6) is -6.68. The number of aryl methyl sites for hydroxylation is 1. The van der Waals surface area contributed by atoms with Crippen molar-refractivity contribution in [3.8, 4) is 0 Å². The van der Waals surface area contributed by atoms with Crippen molar-refractivity contribution in [1.29, 1.82) is 0 Å². The van der Waals surface area contributed by atoms with Crippen LogP contribution in [0, 0.1) is 0 Å². The van der Waals surface area contributed by atoms with Gasteiger partial charge in [0, 0.05) is 6.42 Å². The summed E-state index contributed by atoms with van der Waals surface area (Å²) in [7, 11) is 0. The van der Waals surface area contributed by atoms with Crippen LogP contribution >= 0.6 is 0 Å². The molecule has 1 nitrogen and oxygen atoms in total. The van der Waals surface area contributed by atoms with E-state index in [-0.39, 0.29) is 12.8 Å². The SMILES string of the molecule is OC(CCCc1ccccc1)CC(F)(C(F)(F)F)C(F)(F)C(F)(F)F. The topological polar surface area (TPSA) is 20.2 Å². The van der Waals surface area contributed by atoms with Gasteiger partial charge in [-0.05, 0) is 24.8 Å². The van der Waals surface area contributed by atoms with Crippen molar-refractivity contribution in [3.05, 3.63) is 35.9 Å². The van der Waals surface area contributed by atoms with Gasteiger partial charge < -0.3 is 5.11 Å². The largest absolute Gasteiger partial charge is 0.457 e. The first-order chi connectivity index (χ1) is 11.2. The highest BCUT2D eigenvalue weighted by Gasteiger charge is 2.80. The van der Waals surface area contributed by atoms with E-state index in [1.165, 1.54) is 0 Å². The fourth-order valence-electron chi connectivity index (χ4n) is 2.26. The van der Waals surface area contributed by atoms with Crippen LogP contribution in [-0.4, -0.2) is 35.2 Å². The Labute approximate surface area is 137 Å². The molecule has 0 radical (unpaired) electrons. The second kappa shape index (κ2) is 7.43. The molecule has 1 aromatic carbocycles. The molecule has 1 N–H and O–H groups in total. The molecule has 0 aromatic heterocycles. The Morgan fingerprint density at radius 2 is 1.32 bits per heavy atom. The minimum absolute atomic E-state index is 0.0172. The van der Waals surface area contributed by atoms with Crippen LogP contribution < -0.4 is 0 Å². The third-order valence-corrected chi connectivity index (χ3v) is 3.67. The molecule has 0 saturated carbocycles. The quantitative estimate of drug-likeness (QED) is 0.641. The van der Waals surface area contributed by atoms with Gasteiger partial charge in [0.05, 0.1) is 6.10 Å². The van der Waals surface area contributed by atoms with Crippen LogP contribution in [0.15, 0.2) is 30.3 Å². The van der Waals surface area contributed by atoms with Gasteiger partial charge in [0.25, 0.3) is 5.67 Å². The average Bonchev–Trinajstić information content (AvgIpc) is 2.45. The van der Waals surface area contributed by atoms with E-state index in [1.807, 2.05) is 0 Å². The molecule has 0 saturated heterocycles. The van der Waals surface area contributed by atoms with Crippen molar-refractivity contribution in [2.24, 2.45) is 0 Å². The van der Waals surface area contributed by atoms with Crippen LogP contribution in [0.1, 0.15) is 24.8 Å². The zero-order valence-electron chi connectivity index (χ0n) is 12.6. The summed E-state index contributed by atoms with van der Waals surface area (Å²) in [5, 5.41) is 9.41. The zero-order valence-corrected chi connectivity index (χ0v) is 12.6. The predicted molar refractivity (Wildman–Crippen MR) is 70.9 cm³/mol. The van der Waals surface area contributed by atoms with E-state index in [0.29, 0.717) is 0 Å². The molecule has 0 fully saturated rings. The van der Waals surface area contributed by atoms with Crippen LogP contribution in [-0.2, 0) is 6.42 Å². The number of alkyl halides is 9. The molecule has 0 spiro atoms. The second-order valence-corrected chi connectivity index (χ2v) is 5.61. The molecule has 0 aliphatic carbocycles. The van der Waals surface area contributed by atoms with Crippen LogP contribution in [0.25, 0.3) is 0 Å². The Hall–Kier alpha value is -1.45. The van der Waals surface area contributed by atoms with E-state index in [4.69, 9.17) is 0 Å². The molecular formula is C15H15F9O. The van der Waals surface area contributed by atoms with E-state index < -0.39 is 42.9 Å². The summed E-state index contributed by atoms with van der Waals surface area (Å²) in [6.45, 7) is 0. The summed E-state index contributed by atoms with van der Waals surface area (Å²) < 4.78 is 114. The van der Waals surface area contributed by atoms with Crippen LogP contribution in [0.4, 0.5) is 39.5 Å². The standard InChI is InChI=1S/C15H15F9O/c16-12(14(19,20)21,13(17,18)15(22,23)24)9-11(25)8-4-7-10-5-2-1-3-6-10/h1-3,5-6,11,25H,4,7-9H2. The Kier molecular flexibility index (Phi) is 6.41. The minimum Gasteiger partial charge on any atom is -0.393 e. The molecule has 1 rings (SSSR count). The Morgan fingerprint density at radius 1 is 0.800 bits per heavy atom. The molecule has 0 aliphatic rings. The minimum atomic E-state index is -6.75. The fourth-order valence-corrected chi connectivity index (χ4v) is 2.26. The highest BCUT2D eigenvalue weighted by molar-refractivity contribution is 5.14. The van der Waals surface area contributed by atoms with Gasteiger partial charge in [0.15, 0.2) is 0 Å². The predicted octanol–water partition coefficient (Wildman–Crippen LogP) is 5.23. The Morgan fingerprint density at radius 3 is 1.76 bits per heavy atom. The molecule has 1 aromatic rings. The summed E-state index contributed by atoms with van der Waals surface area (Å²) in [4.78, 5) is 0. The van der Waals surface area contributed by atoms with Gasteiger partial charge >= 0.3 is 18.3 Å². The van der Waals surface area contributed by atoms with E-state index in [0.717, 1.165) is 5.56 Å². The average molecular weight is 382 g/mol. The van der Waals surface area contributed by atoms with Crippen molar-refractivity contribution < 1.29 is 44.6 Å². The number of benzene rings is 1. The molecule has 10 heteroatoms. The lowest BCUT2D eigenvalue weighted by Gasteiger charge is -2.36. The summed E-state index contributed by atoms with van der Waals surface area (Å²) in [6, 6.07) is 8.31. The van der Waals surface area contributed by atoms with Crippen LogP contribution in [0.2, 0.25) is 0 Å². The smallest absolute Gasteiger partial charge is 0.393 e. The van der Waals surface area contributed by atoms with Crippen LogP contribution in [0.3, 0.4) is 0 Å². The third kappa shape index (κ3) is 4.80. The zero-order chi connectivity index (χ0) is 19.5. The monoisotopic (exact) mass is 382 g/mol. The number of aliphatic hydroxyl groups excluding tert-OH is 1. The van der Waals surface area contributed by atoms with E-state index in [2.05, 4.69) is 0 Å². The van der Waals surface area contributed by atoms with Gasteiger partial charge in [-0.15, -0.1) is 0 Å². The van der Waals surface area contributed by atoms with Gasteiger partial charge in [-0.1, -0.05) is 30.3 Å². The van der Waals surface area contributed by atoms with E-state index in [1.54, 1.807) is 30.3 Å². The number of aliphatic hydroxyl groups is 1. The second-order valence-electron chi connectivity index (χ2n) is 5.61. The molecule has 2 atom stereocenters. The summed E-state index contributed by atoms with van der Waals surface area (Å²) in [6.07, 6.45) is -18.3. The molecular weight excluding hydrogens is 367 g/mol. The highest BCUT2D eigenvalue weighted by Crippen LogP contribution is 2.54. The Balaban J connectivity index is 2.82. The Bertz CT molecular complexity index is 538. The first-order valence-electron chi connectivity index (χ1n) is 7.14. The number of halogens is 9. The lowest BCUT2D eigenvalue weighted by molar-refractivity contribution is -0.387. The molecule has 144 valence electrons. The molecule has 2 unspecified atom stereocenters. The van der Waals surface area contributed by atoms with E-state index in [9.17, 15) is 44.6 Å². The highest BCUT2D eigenvalue weighted by atomic mass is 19.4. The molecule has 0 bridgehead atoms. The van der Waals surface area contributed by atoms with Gasteiger partial charge in [-0.3, -0.25) is 0 Å². The van der Waals surface area contributed by atoms with E-state index >= 15 is 0 Å². The number of hydrogen-bond donors (Lipinski definition) is 1. The van der Waals surface area contributed by atoms with Gasteiger partial charge in [-0.25, -0.2) is 4.39 Å². The van der Waals surface area contributed by atoms with Gasteiger partial charge in [-0.2, -0.15) is 35.1 Å². The summed E-state index contributed by atoms with van der Waals surface area (Å²) in [5.41, 5.74) is -5.19. The van der Waals surface area contributed by atoms with Crippen molar-refractivity contribution in [1.82, 2.24) is 0 Å². The maximum Gasteiger partial charge on any atom is 0.457 e. The van der Waals surface area contributed by atoms with Crippen molar-refractivity contribution >= 4 is 0 Å². The fraction of sp³-hybridized carbons (Fsp3) is 0.600. The van der Waals surface area contributed by atoms with Crippen molar-refractivity contribution in [3.63, 3.8) is 0 Å². The molecule has 0 heterocycles. The first kappa shape index (κ1) is 21.6. The maximum atomic E-state index is 13.8. The molecule has 0 aliphatic heterocycles. The maximum absolute atomic E-state index is 13.8.